The summed E-state index contributed by atoms with van der Waals surface area (Å²) in [6, 6.07) is 5.23. The van der Waals surface area contributed by atoms with Gasteiger partial charge in [0.05, 0.1) is 10.0 Å². The number of rotatable bonds is 5. The second kappa shape index (κ2) is 5.08. The van der Waals surface area contributed by atoms with Crippen molar-refractivity contribution in [1.82, 2.24) is 5.32 Å². The van der Waals surface area contributed by atoms with Gasteiger partial charge >= 0.3 is 0 Å². The molecule has 5 heteroatoms. The normalized spacial score (nSPS) is 18.4. The van der Waals surface area contributed by atoms with Crippen LogP contribution in [0, 0.1) is 5.92 Å². The molecular formula is C13H16Cl2N2O. The van der Waals surface area contributed by atoms with E-state index in [0.29, 0.717) is 21.5 Å². The van der Waals surface area contributed by atoms with E-state index in [-0.39, 0.29) is 0 Å². The van der Waals surface area contributed by atoms with Crippen LogP contribution in [0.5, 0.6) is 0 Å². The zero-order valence-corrected chi connectivity index (χ0v) is 11.7. The Morgan fingerprint density at radius 3 is 2.72 bits per heavy atom. The van der Waals surface area contributed by atoms with Crippen molar-refractivity contribution in [2.75, 3.05) is 6.54 Å². The summed E-state index contributed by atoms with van der Waals surface area (Å²) >= 11 is 12.2. The SMILES string of the molecule is CC(NCC1CC1)(C(N)=O)c1cccc(Cl)c1Cl. The molecule has 0 aliphatic heterocycles. The Kier molecular flexibility index (Phi) is 3.85. The van der Waals surface area contributed by atoms with E-state index in [1.165, 1.54) is 12.8 Å². The summed E-state index contributed by atoms with van der Waals surface area (Å²) in [6.07, 6.45) is 2.40. The van der Waals surface area contributed by atoms with E-state index in [9.17, 15) is 4.79 Å². The molecule has 1 amide bonds. The number of nitrogens with one attached hydrogen (secondary N) is 1. The average molecular weight is 287 g/mol. The van der Waals surface area contributed by atoms with Gasteiger partial charge in [0, 0.05) is 5.56 Å². The number of hydrogen-bond donors (Lipinski definition) is 2. The second-order valence-corrected chi connectivity index (χ2v) is 5.70. The van der Waals surface area contributed by atoms with Gasteiger partial charge in [0.1, 0.15) is 5.54 Å². The van der Waals surface area contributed by atoms with E-state index in [4.69, 9.17) is 28.9 Å². The van der Waals surface area contributed by atoms with Gasteiger partial charge in [0.15, 0.2) is 0 Å². The Morgan fingerprint density at radius 2 is 2.17 bits per heavy atom. The topological polar surface area (TPSA) is 55.1 Å². The number of nitrogens with two attached hydrogens (primary N) is 1. The van der Waals surface area contributed by atoms with Crippen molar-refractivity contribution >= 4 is 29.1 Å². The third-order valence-electron chi connectivity index (χ3n) is 3.42. The number of carbonyl (C=O) groups is 1. The molecule has 0 radical (unpaired) electrons. The molecule has 98 valence electrons. The first-order valence-electron chi connectivity index (χ1n) is 5.94. The van der Waals surface area contributed by atoms with Gasteiger partial charge in [0.2, 0.25) is 5.91 Å². The van der Waals surface area contributed by atoms with Crippen LogP contribution in [-0.2, 0) is 10.3 Å². The van der Waals surface area contributed by atoms with Crippen molar-refractivity contribution in [2.24, 2.45) is 11.7 Å². The third kappa shape index (κ3) is 2.63. The van der Waals surface area contributed by atoms with Crippen LogP contribution in [0.15, 0.2) is 18.2 Å². The predicted octanol–water partition coefficient (Wildman–Crippen LogP) is 2.69. The summed E-state index contributed by atoms with van der Waals surface area (Å²) < 4.78 is 0. The van der Waals surface area contributed by atoms with Gasteiger partial charge in [-0.1, -0.05) is 35.3 Å². The van der Waals surface area contributed by atoms with Crippen LogP contribution in [0.2, 0.25) is 10.0 Å². The monoisotopic (exact) mass is 286 g/mol. The molecule has 2 rings (SSSR count). The summed E-state index contributed by atoms with van der Waals surface area (Å²) in [5, 5.41) is 4.03. The lowest BCUT2D eigenvalue weighted by atomic mass is 9.91. The molecule has 0 aromatic heterocycles. The maximum atomic E-state index is 11.8. The van der Waals surface area contributed by atoms with Gasteiger partial charge < -0.3 is 5.73 Å². The Bertz CT molecular complexity index is 474. The molecular weight excluding hydrogens is 271 g/mol. The molecule has 0 saturated heterocycles. The first kappa shape index (κ1) is 13.7. The van der Waals surface area contributed by atoms with Gasteiger partial charge in [-0.05, 0) is 38.3 Å². The lowest BCUT2D eigenvalue weighted by molar-refractivity contribution is -0.124. The quantitative estimate of drug-likeness (QED) is 0.874. The first-order valence-corrected chi connectivity index (χ1v) is 6.70. The molecule has 0 spiro atoms. The highest BCUT2D eigenvalue weighted by Gasteiger charge is 2.36. The number of amides is 1. The van der Waals surface area contributed by atoms with Crippen molar-refractivity contribution < 1.29 is 4.79 Å². The number of primary amides is 1. The fourth-order valence-electron chi connectivity index (χ4n) is 1.88. The summed E-state index contributed by atoms with van der Waals surface area (Å²) in [5.41, 5.74) is 5.17. The van der Waals surface area contributed by atoms with Gasteiger partial charge in [0.25, 0.3) is 0 Å². The van der Waals surface area contributed by atoms with E-state index < -0.39 is 11.4 Å². The molecule has 1 atom stereocenters. The lowest BCUT2D eigenvalue weighted by Gasteiger charge is -2.29. The van der Waals surface area contributed by atoms with Crippen LogP contribution in [-0.4, -0.2) is 12.5 Å². The van der Waals surface area contributed by atoms with E-state index in [0.717, 1.165) is 6.54 Å². The van der Waals surface area contributed by atoms with Crippen molar-refractivity contribution in [1.29, 1.82) is 0 Å². The number of halogens is 2. The molecule has 1 aliphatic rings. The first-order chi connectivity index (χ1) is 8.45. The Hall–Kier alpha value is -0.770. The molecule has 0 bridgehead atoms. The molecule has 1 unspecified atom stereocenters. The maximum absolute atomic E-state index is 11.8. The molecule has 1 fully saturated rings. The Balaban J connectivity index is 2.32. The fourth-order valence-corrected chi connectivity index (χ4v) is 2.36. The zero-order valence-electron chi connectivity index (χ0n) is 10.2. The summed E-state index contributed by atoms with van der Waals surface area (Å²) in [6.45, 7) is 2.51. The number of benzene rings is 1. The van der Waals surface area contributed by atoms with Gasteiger partial charge in [-0.15, -0.1) is 0 Å². The van der Waals surface area contributed by atoms with E-state index in [1.54, 1.807) is 25.1 Å². The standard InChI is InChI=1S/C13H16Cl2N2O/c1-13(12(16)18,17-7-8-5-6-8)9-3-2-4-10(14)11(9)15/h2-4,8,17H,5-7H2,1H3,(H2,16,18). The van der Waals surface area contributed by atoms with Crippen molar-refractivity contribution in [3.05, 3.63) is 33.8 Å². The molecule has 18 heavy (non-hydrogen) atoms. The van der Waals surface area contributed by atoms with Crippen molar-refractivity contribution in [3.8, 4) is 0 Å². The van der Waals surface area contributed by atoms with Crippen LogP contribution < -0.4 is 11.1 Å². The molecule has 3 N–H and O–H groups in total. The lowest BCUT2D eigenvalue weighted by Crippen LogP contribution is -2.51. The van der Waals surface area contributed by atoms with Crippen LogP contribution in [0.1, 0.15) is 25.3 Å². The largest absolute Gasteiger partial charge is 0.368 e. The minimum atomic E-state index is -0.982. The Morgan fingerprint density at radius 1 is 1.50 bits per heavy atom. The molecule has 0 heterocycles. The van der Waals surface area contributed by atoms with Crippen molar-refractivity contribution in [2.45, 2.75) is 25.3 Å². The van der Waals surface area contributed by atoms with Gasteiger partial charge in [-0.2, -0.15) is 0 Å². The fraction of sp³-hybridized carbons (Fsp3) is 0.462. The maximum Gasteiger partial charge on any atom is 0.242 e. The molecule has 1 aromatic rings. The van der Waals surface area contributed by atoms with Crippen LogP contribution in [0.3, 0.4) is 0 Å². The van der Waals surface area contributed by atoms with Crippen LogP contribution >= 0.6 is 23.2 Å². The highest BCUT2D eigenvalue weighted by atomic mass is 35.5. The number of hydrogen-bond acceptors (Lipinski definition) is 2. The van der Waals surface area contributed by atoms with Gasteiger partial charge in [-0.3, -0.25) is 10.1 Å². The zero-order chi connectivity index (χ0) is 13.3. The predicted molar refractivity (Wildman–Crippen MR) is 73.7 cm³/mol. The minimum absolute atomic E-state index is 0.378. The van der Waals surface area contributed by atoms with E-state index >= 15 is 0 Å². The molecule has 1 saturated carbocycles. The summed E-state index contributed by atoms with van der Waals surface area (Å²) in [5.74, 6) is 0.189. The molecule has 1 aliphatic carbocycles. The summed E-state index contributed by atoms with van der Waals surface area (Å²) in [4.78, 5) is 11.8. The highest BCUT2D eigenvalue weighted by molar-refractivity contribution is 6.42. The van der Waals surface area contributed by atoms with E-state index in [2.05, 4.69) is 5.32 Å². The minimum Gasteiger partial charge on any atom is -0.368 e. The van der Waals surface area contributed by atoms with Crippen LogP contribution in [0.4, 0.5) is 0 Å². The van der Waals surface area contributed by atoms with Crippen LogP contribution in [0.25, 0.3) is 0 Å². The van der Waals surface area contributed by atoms with E-state index in [1.807, 2.05) is 0 Å². The average Bonchev–Trinajstić information content (AvgIpc) is 3.13. The third-order valence-corrected chi connectivity index (χ3v) is 4.24. The highest BCUT2D eigenvalue weighted by Crippen LogP contribution is 2.35. The Labute approximate surface area is 117 Å². The molecule has 3 nitrogen and oxygen atoms in total. The smallest absolute Gasteiger partial charge is 0.242 e. The van der Waals surface area contributed by atoms with Crippen molar-refractivity contribution in [3.63, 3.8) is 0 Å². The van der Waals surface area contributed by atoms with Gasteiger partial charge in [-0.25, -0.2) is 0 Å². The number of carbonyl (C=O) groups excluding carboxylic acids is 1. The second-order valence-electron chi connectivity index (χ2n) is 4.91. The molecule has 1 aromatic carbocycles. The summed E-state index contributed by atoms with van der Waals surface area (Å²) in [7, 11) is 0.